The highest BCUT2D eigenvalue weighted by Gasteiger charge is 2.11. The molecule has 0 radical (unpaired) electrons. The number of thioether (sulfide) groups is 1. The van der Waals surface area contributed by atoms with E-state index in [1.165, 1.54) is 6.07 Å². The average Bonchev–Trinajstić information content (AvgIpc) is 2.36. The Morgan fingerprint density at radius 3 is 2.89 bits per heavy atom. The summed E-state index contributed by atoms with van der Waals surface area (Å²) in [5.41, 5.74) is 1.35. The zero-order valence-corrected chi connectivity index (χ0v) is 12.6. The highest BCUT2D eigenvalue weighted by atomic mass is 32.2. The third-order valence-corrected chi connectivity index (χ3v) is 3.42. The van der Waals surface area contributed by atoms with Gasteiger partial charge in [0.05, 0.1) is 4.92 Å². The van der Waals surface area contributed by atoms with Crippen molar-refractivity contribution in [1.29, 1.82) is 0 Å². The molecule has 0 saturated carbocycles. The van der Waals surface area contributed by atoms with Gasteiger partial charge in [-0.1, -0.05) is 6.07 Å². The molecule has 0 aliphatic heterocycles. The molecule has 0 amide bonds. The SMILES string of the molecule is CSCCCNC(=S)Nc1ccc(C)c([N+](=O)[O-])c1. The summed E-state index contributed by atoms with van der Waals surface area (Å²) in [6.45, 7) is 2.50. The highest BCUT2D eigenvalue weighted by Crippen LogP contribution is 2.22. The molecule has 104 valence electrons. The zero-order chi connectivity index (χ0) is 14.3. The molecular weight excluding hydrogens is 282 g/mol. The van der Waals surface area contributed by atoms with Gasteiger partial charge in [0.2, 0.25) is 0 Å². The Labute approximate surface area is 122 Å². The van der Waals surface area contributed by atoms with E-state index < -0.39 is 4.92 Å². The number of thiocarbonyl (C=S) groups is 1. The maximum Gasteiger partial charge on any atom is 0.274 e. The summed E-state index contributed by atoms with van der Waals surface area (Å²) in [5, 5.41) is 17.3. The number of nitro benzene ring substituents is 1. The van der Waals surface area contributed by atoms with Crippen molar-refractivity contribution < 1.29 is 4.92 Å². The van der Waals surface area contributed by atoms with Crippen LogP contribution in [0.25, 0.3) is 0 Å². The lowest BCUT2D eigenvalue weighted by Gasteiger charge is -2.10. The summed E-state index contributed by atoms with van der Waals surface area (Å²) in [7, 11) is 0. The normalized spacial score (nSPS) is 10.0. The minimum absolute atomic E-state index is 0.0928. The maximum atomic E-state index is 10.8. The van der Waals surface area contributed by atoms with E-state index in [0.29, 0.717) is 16.4 Å². The summed E-state index contributed by atoms with van der Waals surface area (Å²) < 4.78 is 0. The second-order valence-corrected chi connectivity index (χ2v) is 5.38. The van der Waals surface area contributed by atoms with E-state index in [-0.39, 0.29) is 5.69 Å². The Morgan fingerprint density at radius 1 is 1.53 bits per heavy atom. The third kappa shape index (κ3) is 5.44. The van der Waals surface area contributed by atoms with Crippen molar-refractivity contribution in [3.8, 4) is 0 Å². The van der Waals surface area contributed by atoms with Crippen LogP contribution in [-0.2, 0) is 0 Å². The van der Waals surface area contributed by atoms with Crippen LogP contribution in [0.4, 0.5) is 11.4 Å². The predicted molar refractivity (Wildman–Crippen MR) is 85.1 cm³/mol. The quantitative estimate of drug-likeness (QED) is 0.364. The molecule has 0 saturated heterocycles. The first-order valence-electron chi connectivity index (χ1n) is 5.83. The number of benzene rings is 1. The zero-order valence-electron chi connectivity index (χ0n) is 10.9. The van der Waals surface area contributed by atoms with Crippen LogP contribution in [0.2, 0.25) is 0 Å². The second-order valence-electron chi connectivity index (χ2n) is 3.99. The Bertz CT molecular complexity index is 466. The van der Waals surface area contributed by atoms with Gasteiger partial charge in [-0.3, -0.25) is 10.1 Å². The number of aryl methyl sites for hydroxylation is 1. The molecule has 5 nitrogen and oxygen atoms in total. The molecule has 0 fully saturated rings. The van der Waals surface area contributed by atoms with Gasteiger partial charge in [-0.15, -0.1) is 0 Å². The average molecular weight is 299 g/mol. The van der Waals surface area contributed by atoms with Crippen LogP contribution in [0, 0.1) is 17.0 Å². The van der Waals surface area contributed by atoms with Gasteiger partial charge in [0.1, 0.15) is 0 Å². The van der Waals surface area contributed by atoms with E-state index in [0.717, 1.165) is 18.7 Å². The minimum Gasteiger partial charge on any atom is -0.362 e. The van der Waals surface area contributed by atoms with Crippen LogP contribution in [0.15, 0.2) is 18.2 Å². The first-order chi connectivity index (χ1) is 9.04. The number of anilines is 1. The van der Waals surface area contributed by atoms with Crippen LogP contribution >= 0.6 is 24.0 Å². The van der Waals surface area contributed by atoms with Gasteiger partial charge in [0.25, 0.3) is 5.69 Å². The summed E-state index contributed by atoms with van der Waals surface area (Å²) in [6, 6.07) is 4.97. The Balaban J connectivity index is 2.55. The van der Waals surface area contributed by atoms with Gasteiger partial charge in [0.15, 0.2) is 5.11 Å². The van der Waals surface area contributed by atoms with E-state index in [1.807, 2.05) is 0 Å². The Hall–Kier alpha value is -1.34. The molecule has 19 heavy (non-hydrogen) atoms. The molecule has 0 aliphatic carbocycles. The van der Waals surface area contributed by atoms with Crippen molar-refractivity contribution in [2.75, 3.05) is 23.9 Å². The van der Waals surface area contributed by atoms with Gasteiger partial charge in [-0.05, 0) is 43.6 Å². The minimum atomic E-state index is -0.393. The van der Waals surface area contributed by atoms with E-state index in [1.54, 1.807) is 30.8 Å². The highest BCUT2D eigenvalue weighted by molar-refractivity contribution is 7.98. The van der Waals surface area contributed by atoms with Crippen molar-refractivity contribution in [2.45, 2.75) is 13.3 Å². The molecular formula is C12H17N3O2S2. The molecule has 0 aliphatic rings. The van der Waals surface area contributed by atoms with Crippen LogP contribution < -0.4 is 10.6 Å². The van der Waals surface area contributed by atoms with Crippen LogP contribution in [0.3, 0.4) is 0 Å². The number of hydrogen-bond acceptors (Lipinski definition) is 4. The molecule has 0 spiro atoms. The van der Waals surface area contributed by atoms with E-state index in [4.69, 9.17) is 12.2 Å². The van der Waals surface area contributed by atoms with E-state index >= 15 is 0 Å². The lowest BCUT2D eigenvalue weighted by atomic mass is 10.2. The maximum absolute atomic E-state index is 10.8. The summed E-state index contributed by atoms with van der Waals surface area (Å²) in [6.07, 6.45) is 3.08. The number of nitro groups is 1. The van der Waals surface area contributed by atoms with Crippen LogP contribution in [-0.4, -0.2) is 28.6 Å². The van der Waals surface area contributed by atoms with Gasteiger partial charge in [-0.25, -0.2) is 0 Å². The smallest absolute Gasteiger partial charge is 0.274 e. The van der Waals surface area contributed by atoms with E-state index in [9.17, 15) is 10.1 Å². The molecule has 0 atom stereocenters. The van der Waals surface area contributed by atoms with E-state index in [2.05, 4.69) is 16.9 Å². The molecule has 0 bridgehead atoms. The molecule has 0 aromatic heterocycles. The van der Waals surface area contributed by atoms with Crippen molar-refractivity contribution >= 4 is 40.5 Å². The second kappa shape index (κ2) is 7.96. The molecule has 1 aromatic rings. The summed E-state index contributed by atoms with van der Waals surface area (Å²) >= 11 is 6.91. The van der Waals surface area contributed by atoms with Gasteiger partial charge >= 0.3 is 0 Å². The van der Waals surface area contributed by atoms with Gasteiger partial charge in [0, 0.05) is 23.9 Å². The Kier molecular flexibility index (Phi) is 6.58. The van der Waals surface area contributed by atoms with Gasteiger partial charge in [-0.2, -0.15) is 11.8 Å². The lowest BCUT2D eigenvalue weighted by molar-refractivity contribution is -0.385. The summed E-state index contributed by atoms with van der Waals surface area (Å²) in [5.74, 6) is 1.08. The molecule has 0 unspecified atom stereocenters. The fraction of sp³-hybridized carbons (Fsp3) is 0.417. The number of rotatable bonds is 6. The standard InChI is InChI=1S/C12H17N3O2S2/c1-9-4-5-10(8-11(9)15(16)17)14-12(18)13-6-3-7-19-2/h4-5,8H,3,6-7H2,1-2H3,(H2,13,14,18). The van der Waals surface area contributed by atoms with Gasteiger partial charge < -0.3 is 10.6 Å². The topological polar surface area (TPSA) is 67.2 Å². The van der Waals surface area contributed by atoms with Crippen molar-refractivity contribution in [3.05, 3.63) is 33.9 Å². The summed E-state index contributed by atoms with van der Waals surface area (Å²) in [4.78, 5) is 10.4. The molecule has 1 rings (SSSR count). The fourth-order valence-electron chi connectivity index (χ4n) is 1.48. The van der Waals surface area contributed by atoms with Crippen LogP contribution in [0.5, 0.6) is 0 Å². The lowest BCUT2D eigenvalue weighted by Crippen LogP contribution is -2.29. The molecule has 1 aromatic carbocycles. The fourth-order valence-corrected chi connectivity index (χ4v) is 2.13. The van der Waals surface area contributed by atoms with Crippen molar-refractivity contribution in [1.82, 2.24) is 5.32 Å². The predicted octanol–water partition coefficient (Wildman–Crippen LogP) is 2.94. The monoisotopic (exact) mass is 299 g/mol. The van der Waals surface area contributed by atoms with Crippen LogP contribution in [0.1, 0.15) is 12.0 Å². The number of nitrogens with zero attached hydrogens (tertiary/aromatic N) is 1. The number of nitrogens with one attached hydrogen (secondary N) is 2. The first-order valence-corrected chi connectivity index (χ1v) is 7.63. The molecule has 7 heteroatoms. The third-order valence-electron chi connectivity index (χ3n) is 2.47. The number of hydrogen-bond donors (Lipinski definition) is 2. The molecule has 0 heterocycles. The molecule has 2 N–H and O–H groups in total. The Morgan fingerprint density at radius 2 is 2.26 bits per heavy atom. The van der Waals surface area contributed by atoms with Crippen molar-refractivity contribution in [2.24, 2.45) is 0 Å². The first kappa shape index (κ1) is 15.7. The van der Waals surface area contributed by atoms with Crippen molar-refractivity contribution in [3.63, 3.8) is 0 Å². The largest absolute Gasteiger partial charge is 0.362 e.